The minimum Gasteiger partial charge on any atom is -0.369 e. The first-order chi connectivity index (χ1) is 9.90. The van der Waals surface area contributed by atoms with Crippen LogP contribution in [0.15, 0.2) is 22.7 Å². The van der Waals surface area contributed by atoms with Gasteiger partial charge in [0.25, 0.3) is 0 Å². The van der Waals surface area contributed by atoms with Gasteiger partial charge < -0.3 is 10.2 Å². The van der Waals surface area contributed by atoms with E-state index in [1.165, 1.54) is 48.0 Å². The van der Waals surface area contributed by atoms with Crippen molar-refractivity contribution in [2.24, 2.45) is 0 Å². The van der Waals surface area contributed by atoms with Gasteiger partial charge in [-0.25, -0.2) is 0 Å². The van der Waals surface area contributed by atoms with Crippen molar-refractivity contribution >= 4 is 21.6 Å². The number of benzene rings is 1. The summed E-state index contributed by atoms with van der Waals surface area (Å²) < 4.78 is 1.22. The molecule has 1 saturated heterocycles. The number of halogens is 1. The van der Waals surface area contributed by atoms with Crippen LogP contribution in [-0.4, -0.2) is 18.1 Å². The number of hydrogen-bond donors (Lipinski definition) is 1. The van der Waals surface area contributed by atoms with Crippen molar-refractivity contribution in [3.05, 3.63) is 28.2 Å². The van der Waals surface area contributed by atoms with Crippen molar-refractivity contribution < 1.29 is 0 Å². The van der Waals surface area contributed by atoms with Crippen LogP contribution in [0.3, 0.4) is 0 Å². The lowest BCUT2D eigenvalue weighted by molar-refractivity contribution is 0.423. The Kier molecular flexibility index (Phi) is 5.73. The van der Waals surface area contributed by atoms with Crippen LogP contribution in [0, 0.1) is 0 Å². The van der Waals surface area contributed by atoms with Gasteiger partial charge in [0.05, 0.1) is 0 Å². The van der Waals surface area contributed by atoms with Crippen LogP contribution >= 0.6 is 15.9 Å². The maximum atomic E-state index is 3.76. The highest BCUT2D eigenvalue weighted by Gasteiger charge is 2.21. The highest BCUT2D eigenvalue weighted by Crippen LogP contribution is 2.30. The van der Waals surface area contributed by atoms with Crippen molar-refractivity contribution in [1.29, 1.82) is 0 Å². The average molecular weight is 353 g/mol. The molecule has 1 aliphatic heterocycles. The zero-order valence-corrected chi connectivity index (χ0v) is 15.5. The maximum absolute atomic E-state index is 3.76. The van der Waals surface area contributed by atoms with Crippen molar-refractivity contribution in [2.75, 3.05) is 11.4 Å². The topological polar surface area (TPSA) is 15.3 Å². The Morgan fingerprint density at radius 3 is 2.67 bits per heavy atom. The second-order valence-corrected chi connectivity index (χ2v) is 7.98. The number of rotatable bonds is 4. The van der Waals surface area contributed by atoms with Crippen LogP contribution in [-0.2, 0) is 6.54 Å². The molecule has 21 heavy (non-hydrogen) atoms. The van der Waals surface area contributed by atoms with E-state index >= 15 is 0 Å². The Morgan fingerprint density at radius 1 is 1.29 bits per heavy atom. The largest absolute Gasteiger partial charge is 0.369 e. The first-order valence-corrected chi connectivity index (χ1v) is 9.00. The fourth-order valence-electron chi connectivity index (χ4n) is 2.98. The van der Waals surface area contributed by atoms with Crippen molar-refractivity contribution in [3.63, 3.8) is 0 Å². The molecule has 2 rings (SSSR count). The summed E-state index contributed by atoms with van der Waals surface area (Å²) in [5.41, 5.74) is 2.85. The molecule has 0 aliphatic carbocycles. The molecular weight excluding hydrogens is 324 g/mol. The quantitative estimate of drug-likeness (QED) is 0.810. The molecule has 0 aromatic heterocycles. The lowest BCUT2D eigenvalue weighted by atomic mass is 9.99. The molecule has 0 spiro atoms. The molecular formula is C18H29BrN2. The van der Waals surface area contributed by atoms with Crippen molar-refractivity contribution in [2.45, 2.75) is 71.5 Å². The first kappa shape index (κ1) is 16.8. The second-order valence-electron chi connectivity index (χ2n) is 7.13. The van der Waals surface area contributed by atoms with Gasteiger partial charge in [-0.1, -0.05) is 28.9 Å². The van der Waals surface area contributed by atoms with Gasteiger partial charge in [0, 0.05) is 34.8 Å². The number of hydrogen-bond acceptors (Lipinski definition) is 2. The van der Waals surface area contributed by atoms with E-state index in [9.17, 15) is 0 Å². The minimum absolute atomic E-state index is 0.151. The molecule has 0 radical (unpaired) electrons. The zero-order chi connectivity index (χ0) is 15.5. The third kappa shape index (κ3) is 4.72. The van der Waals surface area contributed by atoms with Crippen LogP contribution < -0.4 is 10.2 Å². The van der Waals surface area contributed by atoms with Crippen LogP contribution in [0.25, 0.3) is 0 Å². The lowest BCUT2D eigenvalue weighted by Gasteiger charge is -2.37. The Morgan fingerprint density at radius 2 is 2.05 bits per heavy atom. The molecule has 1 fully saturated rings. The molecule has 1 aromatic rings. The maximum Gasteiger partial charge on any atom is 0.0380 e. The van der Waals surface area contributed by atoms with Crippen molar-refractivity contribution in [3.8, 4) is 0 Å². The molecule has 0 saturated carbocycles. The average Bonchev–Trinajstić information content (AvgIpc) is 2.45. The Bertz CT molecular complexity index is 465. The molecule has 1 N–H and O–H groups in total. The summed E-state index contributed by atoms with van der Waals surface area (Å²) in [6, 6.07) is 7.56. The molecule has 118 valence electrons. The SMILES string of the molecule is CCC1CCCCN1c1ccc(CNC(C)(C)C)c(Br)c1. The standard InChI is InChI=1S/C18H29BrN2/c1-5-15-8-6-7-11-21(15)16-10-9-14(17(19)12-16)13-20-18(2,3)4/h9-10,12,15,20H,5-8,11,13H2,1-4H3. The van der Waals surface area contributed by atoms with E-state index in [1.54, 1.807) is 0 Å². The van der Waals surface area contributed by atoms with Crippen LogP contribution in [0.5, 0.6) is 0 Å². The van der Waals surface area contributed by atoms with Gasteiger partial charge in [-0.2, -0.15) is 0 Å². The van der Waals surface area contributed by atoms with Crippen LogP contribution in [0.2, 0.25) is 0 Å². The summed E-state index contributed by atoms with van der Waals surface area (Å²) in [7, 11) is 0. The summed E-state index contributed by atoms with van der Waals surface area (Å²) >= 11 is 3.76. The molecule has 0 bridgehead atoms. The predicted octanol–water partition coefficient (Wildman–Crippen LogP) is 5.11. The first-order valence-electron chi connectivity index (χ1n) is 8.21. The number of anilines is 1. The van der Waals surface area contributed by atoms with Crippen LogP contribution in [0.1, 0.15) is 58.9 Å². The van der Waals surface area contributed by atoms with E-state index in [-0.39, 0.29) is 5.54 Å². The predicted molar refractivity (Wildman–Crippen MR) is 96.0 cm³/mol. The molecule has 1 atom stereocenters. The summed E-state index contributed by atoms with van der Waals surface area (Å²) in [5, 5.41) is 3.55. The third-order valence-electron chi connectivity index (χ3n) is 4.28. The third-order valence-corrected chi connectivity index (χ3v) is 5.01. The Hall–Kier alpha value is -0.540. The summed E-state index contributed by atoms with van der Waals surface area (Å²) in [5.74, 6) is 0. The van der Waals surface area contributed by atoms with E-state index in [2.05, 4.69) is 72.0 Å². The highest BCUT2D eigenvalue weighted by atomic mass is 79.9. The summed E-state index contributed by atoms with van der Waals surface area (Å²) in [6.07, 6.45) is 5.28. The highest BCUT2D eigenvalue weighted by molar-refractivity contribution is 9.10. The van der Waals surface area contributed by atoms with E-state index in [0.717, 1.165) is 6.54 Å². The van der Waals surface area contributed by atoms with E-state index < -0.39 is 0 Å². The van der Waals surface area contributed by atoms with Gasteiger partial charge in [0.1, 0.15) is 0 Å². The monoisotopic (exact) mass is 352 g/mol. The molecule has 1 heterocycles. The van der Waals surface area contributed by atoms with E-state index in [1.807, 2.05) is 0 Å². The van der Waals surface area contributed by atoms with Gasteiger partial charge in [0.15, 0.2) is 0 Å². The van der Waals surface area contributed by atoms with Gasteiger partial charge in [-0.15, -0.1) is 0 Å². The van der Waals surface area contributed by atoms with Gasteiger partial charge in [0.2, 0.25) is 0 Å². The van der Waals surface area contributed by atoms with Crippen LogP contribution in [0.4, 0.5) is 5.69 Å². The fourth-order valence-corrected chi connectivity index (χ4v) is 3.49. The van der Waals surface area contributed by atoms with E-state index in [0.29, 0.717) is 6.04 Å². The van der Waals surface area contributed by atoms with Gasteiger partial charge in [-0.3, -0.25) is 0 Å². The minimum atomic E-state index is 0.151. The summed E-state index contributed by atoms with van der Waals surface area (Å²) in [4.78, 5) is 2.59. The smallest absolute Gasteiger partial charge is 0.0380 e. The Balaban J connectivity index is 2.10. The molecule has 1 unspecified atom stereocenters. The van der Waals surface area contributed by atoms with E-state index in [4.69, 9.17) is 0 Å². The number of nitrogens with zero attached hydrogens (tertiary/aromatic N) is 1. The molecule has 0 amide bonds. The molecule has 3 heteroatoms. The molecule has 1 aliphatic rings. The molecule has 1 aromatic carbocycles. The van der Waals surface area contributed by atoms with Crippen molar-refractivity contribution in [1.82, 2.24) is 5.32 Å². The second kappa shape index (κ2) is 7.15. The lowest BCUT2D eigenvalue weighted by Crippen LogP contribution is -2.39. The van der Waals surface area contributed by atoms with Gasteiger partial charge >= 0.3 is 0 Å². The number of nitrogens with one attached hydrogen (secondary N) is 1. The Labute approximate surface area is 138 Å². The van der Waals surface area contributed by atoms with Gasteiger partial charge in [-0.05, 0) is 64.2 Å². The molecule has 2 nitrogen and oxygen atoms in total. The normalized spacial score (nSPS) is 19.9. The summed E-state index contributed by atoms with van der Waals surface area (Å²) in [6.45, 7) is 11.0. The zero-order valence-electron chi connectivity index (χ0n) is 13.9. The fraction of sp³-hybridized carbons (Fsp3) is 0.667. The number of piperidine rings is 1.